The molecule has 1 aromatic heterocycles. The summed E-state index contributed by atoms with van der Waals surface area (Å²) in [5.74, 6) is 1.64. The van der Waals surface area contributed by atoms with Gasteiger partial charge in [-0.05, 0) is 80.7 Å². The summed E-state index contributed by atoms with van der Waals surface area (Å²) in [6.07, 6.45) is 5.61. The van der Waals surface area contributed by atoms with Crippen LogP contribution < -0.4 is 4.90 Å². The molecule has 1 atom stereocenters. The fourth-order valence-corrected chi connectivity index (χ4v) is 3.08. The summed E-state index contributed by atoms with van der Waals surface area (Å²) in [7, 11) is 0. The van der Waals surface area contributed by atoms with E-state index in [2.05, 4.69) is 44.6 Å². The van der Waals surface area contributed by atoms with Crippen LogP contribution in [0.5, 0.6) is 0 Å². The van der Waals surface area contributed by atoms with E-state index in [4.69, 9.17) is 4.74 Å². The second kappa shape index (κ2) is 7.62. The van der Waals surface area contributed by atoms with Crippen LogP contribution in [0.15, 0.2) is 18.3 Å². The van der Waals surface area contributed by atoms with Crippen molar-refractivity contribution in [1.82, 2.24) is 4.98 Å². The average molecular weight is 416 g/mol. The lowest BCUT2D eigenvalue weighted by Crippen LogP contribution is -2.24. The van der Waals surface area contributed by atoms with E-state index in [1.165, 1.54) is 6.42 Å². The normalized spacial score (nSPS) is 18.5. The van der Waals surface area contributed by atoms with E-state index in [0.717, 1.165) is 35.3 Å². The van der Waals surface area contributed by atoms with Crippen molar-refractivity contribution in [3.8, 4) is 0 Å². The van der Waals surface area contributed by atoms with Crippen LogP contribution in [0.2, 0.25) is 0 Å². The Hall–Kier alpha value is -0.850. The zero-order valence-electron chi connectivity index (χ0n) is 13.6. The zero-order valence-corrected chi connectivity index (χ0v) is 15.8. The fraction of sp³-hybridized carbons (Fsp3) is 0.647. The number of rotatable bonds is 5. The third-order valence-electron chi connectivity index (χ3n) is 3.73. The molecule has 4 nitrogen and oxygen atoms in total. The van der Waals surface area contributed by atoms with Gasteiger partial charge in [0.1, 0.15) is 11.4 Å². The molecule has 0 radical (unpaired) electrons. The van der Waals surface area contributed by atoms with E-state index in [1.807, 2.05) is 27.0 Å². The number of carbonyl (C=O) groups is 1. The first-order valence-electron chi connectivity index (χ1n) is 7.92. The number of esters is 1. The average Bonchev–Trinajstić information content (AvgIpc) is 2.86. The van der Waals surface area contributed by atoms with E-state index in [1.54, 1.807) is 0 Å². The molecule has 0 bridgehead atoms. The maximum Gasteiger partial charge on any atom is 0.306 e. The first kappa shape index (κ1) is 17.5. The van der Waals surface area contributed by atoms with Gasteiger partial charge in [0.25, 0.3) is 0 Å². The molecule has 1 saturated heterocycles. The van der Waals surface area contributed by atoms with Crippen molar-refractivity contribution in [3.05, 3.63) is 21.9 Å². The van der Waals surface area contributed by atoms with Crippen molar-refractivity contribution in [1.29, 1.82) is 0 Å². The Bertz CT molecular complexity index is 496. The molecule has 1 aliphatic rings. The summed E-state index contributed by atoms with van der Waals surface area (Å²) in [5.41, 5.74) is -0.377. The Morgan fingerprint density at radius 2 is 2.23 bits per heavy atom. The quantitative estimate of drug-likeness (QED) is 0.537. The van der Waals surface area contributed by atoms with Crippen molar-refractivity contribution >= 4 is 34.4 Å². The second-order valence-corrected chi connectivity index (χ2v) is 8.16. The van der Waals surface area contributed by atoms with Crippen LogP contribution >= 0.6 is 22.6 Å². The third-order valence-corrected chi connectivity index (χ3v) is 4.37. The van der Waals surface area contributed by atoms with E-state index >= 15 is 0 Å². The van der Waals surface area contributed by atoms with Crippen molar-refractivity contribution in [2.75, 3.05) is 18.0 Å². The van der Waals surface area contributed by atoms with Gasteiger partial charge >= 0.3 is 5.97 Å². The summed E-state index contributed by atoms with van der Waals surface area (Å²) < 4.78 is 6.51. The Balaban J connectivity index is 1.71. The van der Waals surface area contributed by atoms with Crippen LogP contribution in [0.1, 0.15) is 46.5 Å². The molecule has 1 aromatic rings. The molecule has 2 heterocycles. The highest BCUT2D eigenvalue weighted by Gasteiger charge is 2.23. The second-order valence-electron chi connectivity index (χ2n) is 6.91. The molecule has 1 aliphatic heterocycles. The van der Waals surface area contributed by atoms with Crippen molar-refractivity contribution in [2.24, 2.45) is 5.92 Å². The van der Waals surface area contributed by atoms with E-state index < -0.39 is 0 Å². The lowest BCUT2D eigenvalue weighted by molar-refractivity contribution is -0.154. The molecule has 122 valence electrons. The number of ether oxygens (including phenoxy) is 1. The van der Waals surface area contributed by atoms with Crippen LogP contribution in [-0.4, -0.2) is 29.6 Å². The predicted molar refractivity (Wildman–Crippen MR) is 97.0 cm³/mol. The minimum absolute atomic E-state index is 0.0818. The molecule has 0 aromatic carbocycles. The number of halogens is 1. The molecule has 2 rings (SSSR count). The molecule has 0 spiro atoms. The lowest BCUT2D eigenvalue weighted by atomic mass is 10.0. The lowest BCUT2D eigenvalue weighted by Gasteiger charge is -2.20. The predicted octanol–water partition coefficient (Wildman–Crippen LogP) is 4.02. The van der Waals surface area contributed by atoms with Crippen molar-refractivity contribution in [3.63, 3.8) is 0 Å². The highest BCUT2D eigenvalue weighted by atomic mass is 127. The molecule has 0 N–H and O–H groups in total. The van der Waals surface area contributed by atoms with Gasteiger partial charge in [-0.2, -0.15) is 0 Å². The van der Waals surface area contributed by atoms with E-state index in [9.17, 15) is 4.79 Å². The van der Waals surface area contributed by atoms with Gasteiger partial charge in [0.2, 0.25) is 0 Å². The molecular formula is C17H25IN2O2. The maximum absolute atomic E-state index is 11.7. The summed E-state index contributed by atoms with van der Waals surface area (Å²) in [6.45, 7) is 7.84. The Morgan fingerprint density at radius 3 is 2.86 bits per heavy atom. The maximum atomic E-state index is 11.7. The third kappa shape index (κ3) is 5.74. The van der Waals surface area contributed by atoms with Gasteiger partial charge in [-0.3, -0.25) is 4.79 Å². The van der Waals surface area contributed by atoms with Gasteiger partial charge < -0.3 is 9.64 Å². The summed E-state index contributed by atoms with van der Waals surface area (Å²) in [6, 6.07) is 4.18. The molecule has 0 amide bonds. The van der Waals surface area contributed by atoms with Gasteiger partial charge in [0.05, 0.1) is 0 Å². The Labute approximate surface area is 146 Å². The van der Waals surface area contributed by atoms with Gasteiger partial charge in [0.15, 0.2) is 0 Å². The topological polar surface area (TPSA) is 42.4 Å². The molecular weight excluding hydrogens is 391 g/mol. The number of aromatic nitrogens is 1. The number of nitrogens with zero attached hydrogens (tertiary/aromatic N) is 2. The number of hydrogen-bond acceptors (Lipinski definition) is 4. The van der Waals surface area contributed by atoms with Crippen LogP contribution in [0.4, 0.5) is 5.82 Å². The Kier molecular flexibility index (Phi) is 6.06. The standard InChI is InChI=1S/C17H25IN2O2/c1-17(2,3)22-16(21)6-4-5-13-9-10-20(12-13)15-8-7-14(18)11-19-15/h7-8,11,13H,4-6,9-10,12H2,1-3H3/t13-/m0/s1. The minimum Gasteiger partial charge on any atom is -0.460 e. The smallest absolute Gasteiger partial charge is 0.306 e. The summed E-state index contributed by atoms with van der Waals surface area (Å²) in [5, 5.41) is 0. The monoisotopic (exact) mass is 416 g/mol. The van der Waals surface area contributed by atoms with Crippen LogP contribution in [0.3, 0.4) is 0 Å². The summed E-state index contributed by atoms with van der Waals surface area (Å²) >= 11 is 2.27. The highest BCUT2D eigenvalue weighted by molar-refractivity contribution is 14.1. The SMILES string of the molecule is CC(C)(C)OC(=O)CCC[C@H]1CCN(c2ccc(I)cn2)C1. The molecule has 22 heavy (non-hydrogen) atoms. The number of hydrogen-bond donors (Lipinski definition) is 0. The molecule has 1 fully saturated rings. The zero-order chi connectivity index (χ0) is 16.2. The van der Waals surface area contributed by atoms with Gasteiger partial charge in [0, 0.05) is 29.3 Å². The summed E-state index contributed by atoms with van der Waals surface area (Å²) in [4.78, 5) is 18.5. The first-order valence-corrected chi connectivity index (χ1v) is 9.00. The molecule has 0 unspecified atom stereocenters. The van der Waals surface area contributed by atoms with E-state index in [0.29, 0.717) is 12.3 Å². The van der Waals surface area contributed by atoms with Crippen molar-refractivity contribution < 1.29 is 9.53 Å². The van der Waals surface area contributed by atoms with Crippen LogP contribution in [-0.2, 0) is 9.53 Å². The van der Waals surface area contributed by atoms with Gasteiger partial charge in [-0.1, -0.05) is 0 Å². The Morgan fingerprint density at radius 1 is 1.45 bits per heavy atom. The highest BCUT2D eigenvalue weighted by Crippen LogP contribution is 2.26. The van der Waals surface area contributed by atoms with Crippen molar-refractivity contribution in [2.45, 2.75) is 52.1 Å². The van der Waals surface area contributed by atoms with Gasteiger partial charge in [-0.25, -0.2) is 4.98 Å². The number of carbonyl (C=O) groups excluding carboxylic acids is 1. The molecule has 0 saturated carbocycles. The number of anilines is 1. The minimum atomic E-state index is -0.377. The fourth-order valence-electron chi connectivity index (χ4n) is 2.76. The van der Waals surface area contributed by atoms with Crippen LogP contribution in [0.25, 0.3) is 0 Å². The largest absolute Gasteiger partial charge is 0.460 e. The van der Waals surface area contributed by atoms with Crippen LogP contribution in [0, 0.1) is 9.49 Å². The van der Waals surface area contributed by atoms with E-state index in [-0.39, 0.29) is 11.6 Å². The first-order chi connectivity index (χ1) is 10.3. The number of pyridine rings is 1. The molecule has 0 aliphatic carbocycles. The molecule has 5 heteroatoms. The van der Waals surface area contributed by atoms with Gasteiger partial charge in [-0.15, -0.1) is 0 Å².